The minimum atomic E-state index is 0.653. The number of allylic oxidation sites excluding steroid dienone is 1. The van der Waals surface area contributed by atoms with Crippen molar-refractivity contribution in [1.29, 1.82) is 0 Å². The van der Waals surface area contributed by atoms with Crippen molar-refractivity contribution in [2.75, 3.05) is 0 Å². The molecule has 0 unspecified atom stereocenters. The van der Waals surface area contributed by atoms with Crippen LogP contribution in [0.2, 0.25) is 0 Å². The Bertz CT molecular complexity index is 412. The van der Waals surface area contributed by atoms with E-state index in [1.807, 2.05) is 6.92 Å². The highest BCUT2D eigenvalue weighted by Crippen LogP contribution is 2.25. The summed E-state index contributed by atoms with van der Waals surface area (Å²) >= 11 is 5.93. The molecular weight excluding hydrogens is 194 g/mol. The van der Waals surface area contributed by atoms with E-state index < -0.39 is 0 Å². The maximum absolute atomic E-state index is 5.93. The Balaban J connectivity index is 2.28. The predicted molar refractivity (Wildman–Crippen MR) is 60.9 cm³/mol. The van der Waals surface area contributed by atoms with Gasteiger partial charge in [0.1, 0.15) is 5.16 Å². The van der Waals surface area contributed by atoms with Gasteiger partial charge in [0.25, 0.3) is 0 Å². The summed E-state index contributed by atoms with van der Waals surface area (Å²) in [4.78, 5) is 4.33. The van der Waals surface area contributed by atoms with Gasteiger partial charge in [0.15, 0.2) is 0 Å². The number of aliphatic imine (C=N–C) groups is 1. The molecule has 0 aromatic heterocycles. The van der Waals surface area contributed by atoms with Crippen molar-refractivity contribution in [3.8, 4) is 0 Å². The van der Waals surface area contributed by atoms with Crippen LogP contribution in [0.4, 0.5) is 0 Å². The first-order valence-electron chi connectivity index (χ1n) is 4.66. The Morgan fingerprint density at radius 1 is 1.14 bits per heavy atom. The van der Waals surface area contributed by atoms with Gasteiger partial charge in [-0.25, -0.2) is 4.99 Å². The van der Waals surface area contributed by atoms with E-state index in [0.29, 0.717) is 5.16 Å². The summed E-state index contributed by atoms with van der Waals surface area (Å²) in [7, 11) is 0. The molecule has 1 nitrogen and oxygen atoms in total. The molecule has 1 aliphatic heterocycles. The summed E-state index contributed by atoms with van der Waals surface area (Å²) in [5, 5.41) is 0.653. The van der Waals surface area contributed by atoms with Crippen LogP contribution in [-0.4, -0.2) is 5.71 Å². The van der Waals surface area contributed by atoms with Crippen LogP contribution < -0.4 is 0 Å². The fourth-order valence-electron chi connectivity index (χ4n) is 1.49. The lowest BCUT2D eigenvalue weighted by Gasteiger charge is -2.00. The van der Waals surface area contributed by atoms with Crippen LogP contribution in [0.5, 0.6) is 0 Å². The molecule has 0 fully saturated rings. The van der Waals surface area contributed by atoms with Gasteiger partial charge in [0, 0.05) is 6.42 Å². The quantitative estimate of drug-likeness (QED) is 0.621. The van der Waals surface area contributed by atoms with E-state index in [0.717, 1.165) is 17.7 Å². The van der Waals surface area contributed by atoms with E-state index in [9.17, 15) is 0 Å². The number of aryl methyl sites for hydroxylation is 1. The van der Waals surface area contributed by atoms with Gasteiger partial charge >= 0.3 is 0 Å². The molecule has 2 heteroatoms. The van der Waals surface area contributed by atoms with E-state index in [4.69, 9.17) is 11.6 Å². The van der Waals surface area contributed by atoms with Gasteiger partial charge in [0.2, 0.25) is 0 Å². The molecule has 0 spiro atoms. The van der Waals surface area contributed by atoms with Crippen LogP contribution >= 0.6 is 11.6 Å². The van der Waals surface area contributed by atoms with Crippen LogP contribution in [-0.2, 0) is 0 Å². The van der Waals surface area contributed by atoms with E-state index in [1.165, 1.54) is 11.1 Å². The van der Waals surface area contributed by atoms with Gasteiger partial charge in [-0.05, 0) is 25.0 Å². The third-order valence-electron chi connectivity index (χ3n) is 2.40. The fourth-order valence-corrected chi connectivity index (χ4v) is 1.66. The van der Waals surface area contributed by atoms with Crippen molar-refractivity contribution in [1.82, 2.24) is 0 Å². The van der Waals surface area contributed by atoms with Gasteiger partial charge in [-0.15, -0.1) is 0 Å². The highest BCUT2D eigenvalue weighted by Gasteiger charge is 2.13. The molecule has 0 atom stereocenters. The molecule has 2 rings (SSSR count). The summed E-state index contributed by atoms with van der Waals surface area (Å²) in [6.45, 7) is 4.10. The fraction of sp³-hybridized carbons (Fsp3) is 0.250. The minimum Gasteiger partial charge on any atom is -0.240 e. The summed E-state index contributed by atoms with van der Waals surface area (Å²) < 4.78 is 0. The van der Waals surface area contributed by atoms with Crippen LogP contribution in [0, 0.1) is 6.92 Å². The summed E-state index contributed by atoms with van der Waals surface area (Å²) in [5.41, 5.74) is 4.67. The third kappa shape index (κ3) is 1.73. The molecule has 1 aromatic rings. The molecule has 0 radical (unpaired) electrons. The molecule has 14 heavy (non-hydrogen) atoms. The Morgan fingerprint density at radius 3 is 2.29 bits per heavy atom. The number of rotatable bonds is 1. The number of benzene rings is 1. The van der Waals surface area contributed by atoms with Gasteiger partial charge in [0.05, 0.1) is 5.71 Å². The first kappa shape index (κ1) is 9.47. The topological polar surface area (TPSA) is 12.4 Å². The molecule has 72 valence electrons. The Hall–Kier alpha value is -1.08. The van der Waals surface area contributed by atoms with Crippen molar-refractivity contribution in [3.05, 3.63) is 46.1 Å². The van der Waals surface area contributed by atoms with Crippen LogP contribution in [0.3, 0.4) is 0 Å². The highest BCUT2D eigenvalue weighted by atomic mass is 35.5. The monoisotopic (exact) mass is 205 g/mol. The zero-order valence-corrected chi connectivity index (χ0v) is 9.10. The van der Waals surface area contributed by atoms with E-state index in [1.54, 1.807) is 0 Å². The minimum absolute atomic E-state index is 0.653. The lowest BCUT2D eigenvalue weighted by molar-refractivity contribution is 1.29. The smallest absolute Gasteiger partial charge is 0.128 e. The largest absolute Gasteiger partial charge is 0.240 e. The molecule has 0 saturated heterocycles. The Kier molecular flexibility index (Phi) is 2.42. The zero-order valence-electron chi connectivity index (χ0n) is 8.34. The first-order chi connectivity index (χ1) is 6.66. The van der Waals surface area contributed by atoms with Gasteiger partial charge in [-0.3, -0.25) is 0 Å². The van der Waals surface area contributed by atoms with Crippen molar-refractivity contribution in [3.63, 3.8) is 0 Å². The van der Waals surface area contributed by atoms with E-state index in [2.05, 4.69) is 36.2 Å². The number of halogens is 1. The first-order valence-corrected chi connectivity index (χ1v) is 5.04. The lowest BCUT2D eigenvalue weighted by Crippen LogP contribution is -1.96. The average Bonchev–Trinajstić information content (AvgIpc) is 2.48. The second kappa shape index (κ2) is 3.58. The number of nitrogens with zero attached hydrogens (tertiary/aromatic N) is 1. The third-order valence-corrected chi connectivity index (χ3v) is 2.81. The Labute approximate surface area is 89.1 Å². The molecule has 0 bridgehead atoms. The molecule has 0 N–H and O–H groups in total. The van der Waals surface area contributed by atoms with E-state index in [-0.39, 0.29) is 0 Å². The SMILES string of the molecule is CC1=C(Cl)N=C(c2ccc(C)cc2)C1. The zero-order chi connectivity index (χ0) is 10.1. The van der Waals surface area contributed by atoms with Crippen LogP contribution in [0.1, 0.15) is 24.5 Å². The summed E-state index contributed by atoms with van der Waals surface area (Å²) in [6.07, 6.45) is 0.877. The lowest BCUT2D eigenvalue weighted by atomic mass is 10.0. The summed E-state index contributed by atoms with van der Waals surface area (Å²) in [6, 6.07) is 8.38. The molecular formula is C12H12ClN. The highest BCUT2D eigenvalue weighted by molar-refractivity contribution is 6.32. The maximum atomic E-state index is 5.93. The molecule has 1 aromatic carbocycles. The average molecular weight is 206 g/mol. The number of hydrogen-bond acceptors (Lipinski definition) is 1. The van der Waals surface area contributed by atoms with Gasteiger partial charge in [-0.2, -0.15) is 0 Å². The molecule has 1 heterocycles. The normalized spacial score (nSPS) is 16.1. The molecule has 1 aliphatic rings. The summed E-state index contributed by atoms with van der Waals surface area (Å²) in [5.74, 6) is 0. The van der Waals surface area contributed by atoms with Crippen LogP contribution in [0.25, 0.3) is 0 Å². The van der Waals surface area contributed by atoms with Crippen molar-refractivity contribution < 1.29 is 0 Å². The standard InChI is InChI=1S/C12H12ClN/c1-8-3-5-10(6-4-8)11-7-9(2)12(13)14-11/h3-6H,7H2,1-2H3. The van der Waals surface area contributed by atoms with Crippen molar-refractivity contribution in [2.24, 2.45) is 4.99 Å². The maximum Gasteiger partial charge on any atom is 0.128 e. The van der Waals surface area contributed by atoms with Gasteiger partial charge < -0.3 is 0 Å². The molecule has 0 amide bonds. The molecule has 0 aliphatic carbocycles. The Morgan fingerprint density at radius 2 is 1.79 bits per heavy atom. The van der Waals surface area contributed by atoms with E-state index >= 15 is 0 Å². The van der Waals surface area contributed by atoms with Gasteiger partial charge in [-0.1, -0.05) is 41.4 Å². The van der Waals surface area contributed by atoms with Crippen molar-refractivity contribution in [2.45, 2.75) is 20.3 Å². The second-order valence-corrected chi connectivity index (χ2v) is 4.03. The second-order valence-electron chi connectivity index (χ2n) is 3.67. The van der Waals surface area contributed by atoms with Crippen molar-refractivity contribution >= 4 is 17.3 Å². The molecule has 0 saturated carbocycles. The van der Waals surface area contributed by atoms with Crippen LogP contribution in [0.15, 0.2) is 40.0 Å². The predicted octanol–water partition coefficient (Wildman–Crippen LogP) is 3.66. The number of hydrogen-bond donors (Lipinski definition) is 0.